The van der Waals surface area contributed by atoms with Crippen molar-refractivity contribution in [3.63, 3.8) is 0 Å². The fourth-order valence-electron chi connectivity index (χ4n) is 2.29. The van der Waals surface area contributed by atoms with Crippen LogP contribution < -0.4 is 10.6 Å². The lowest BCUT2D eigenvalue weighted by Crippen LogP contribution is -2.43. The van der Waals surface area contributed by atoms with E-state index in [0.29, 0.717) is 5.95 Å². The van der Waals surface area contributed by atoms with Gasteiger partial charge in [-0.15, -0.1) is 12.4 Å². The number of nitrogens with one attached hydrogen (secondary N) is 3. The molecule has 6 heteroatoms. The minimum Gasteiger partial charge on any atom is -0.324 e. The number of piperidine rings is 1. The molecule has 1 fully saturated rings. The zero-order valence-corrected chi connectivity index (χ0v) is 11.3. The van der Waals surface area contributed by atoms with E-state index in [1.54, 1.807) is 0 Å². The maximum atomic E-state index is 12.0. The fraction of sp³-hybridized carbons (Fsp3) is 0.385. The Hall–Kier alpha value is -1.59. The number of carbonyl (C=O) groups is 1. The summed E-state index contributed by atoms with van der Waals surface area (Å²) in [4.78, 5) is 19.4. The SMILES string of the molecule is Cl.O=C(Nc1nc2ccccc2[nH]1)C1CCCCN1. The molecule has 1 aliphatic heterocycles. The van der Waals surface area contributed by atoms with Crippen LogP contribution in [-0.2, 0) is 4.79 Å². The first kappa shape index (κ1) is 13.8. The Morgan fingerprint density at radius 3 is 2.89 bits per heavy atom. The van der Waals surface area contributed by atoms with E-state index in [1.807, 2.05) is 24.3 Å². The average Bonchev–Trinajstić information content (AvgIpc) is 2.82. The van der Waals surface area contributed by atoms with E-state index in [2.05, 4.69) is 20.6 Å². The summed E-state index contributed by atoms with van der Waals surface area (Å²) in [6, 6.07) is 7.63. The highest BCUT2D eigenvalue weighted by Crippen LogP contribution is 2.14. The van der Waals surface area contributed by atoms with E-state index in [4.69, 9.17) is 0 Å². The van der Waals surface area contributed by atoms with Crippen LogP contribution >= 0.6 is 12.4 Å². The molecule has 2 heterocycles. The third-order valence-corrected chi connectivity index (χ3v) is 3.26. The fourth-order valence-corrected chi connectivity index (χ4v) is 2.29. The molecule has 19 heavy (non-hydrogen) atoms. The number of anilines is 1. The van der Waals surface area contributed by atoms with Gasteiger partial charge in [0.25, 0.3) is 0 Å². The number of amides is 1. The third kappa shape index (κ3) is 3.05. The maximum absolute atomic E-state index is 12.0. The Morgan fingerprint density at radius 1 is 1.32 bits per heavy atom. The Kier molecular flexibility index (Phi) is 4.39. The van der Waals surface area contributed by atoms with Crippen LogP contribution in [0.1, 0.15) is 19.3 Å². The number of hydrogen-bond donors (Lipinski definition) is 3. The second-order valence-electron chi connectivity index (χ2n) is 4.59. The highest BCUT2D eigenvalue weighted by atomic mass is 35.5. The number of benzene rings is 1. The number of H-pyrrole nitrogens is 1. The van der Waals surface area contributed by atoms with E-state index in [-0.39, 0.29) is 24.4 Å². The van der Waals surface area contributed by atoms with Crippen LogP contribution in [0.2, 0.25) is 0 Å². The molecule has 0 bridgehead atoms. The number of carbonyl (C=O) groups excluding carboxylic acids is 1. The molecule has 1 atom stereocenters. The molecule has 0 aliphatic carbocycles. The number of hydrogen-bond acceptors (Lipinski definition) is 3. The molecule has 2 aromatic rings. The number of aromatic amines is 1. The molecule has 0 radical (unpaired) electrons. The van der Waals surface area contributed by atoms with Crippen molar-refractivity contribution in [3.8, 4) is 0 Å². The van der Waals surface area contributed by atoms with Crippen molar-refractivity contribution in [2.24, 2.45) is 0 Å². The molecule has 3 rings (SSSR count). The first-order valence-corrected chi connectivity index (χ1v) is 6.32. The molecule has 1 saturated heterocycles. The molecule has 1 aromatic heterocycles. The van der Waals surface area contributed by atoms with Gasteiger partial charge < -0.3 is 10.3 Å². The van der Waals surface area contributed by atoms with Crippen molar-refractivity contribution in [3.05, 3.63) is 24.3 Å². The summed E-state index contributed by atoms with van der Waals surface area (Å²) in [6.45, 7) is 0.915. The lowest BCUT2D eigenvalue weighted by molar-refractivity contribution is -0.118. The van der Waals surface area contributed by atoms with Gasteiger partial charge in [0.15, 0.2) is 0 Å². The second kappa shape index (κ2) is 6.04. The van der Waals surface area contributed by atoms with E-state index in [0.717, 1.165) is 36.8 Å². The Bertz CT molecular complexity index is 530. The van der Waals surface area contributed by atoms with Crippen molar-refractivity contribution in [2.45, 2.75) is 25.3 Å². The third-order valence-electron chi connectivity index (χ3n) is 3.26. The molecule has 1 amide bonds. The average molecular weight is 281 g/mol. The summed E-state index contributed by atoms with van der Waals surface area (Å²) in [5.74, 6) is 0.516. The minimum atomic E-state index is -0.0908. The molecule has 1 aromatic carbocycles. The van der Waals surface area contributed by atoms with Crippen molar-refractivity contribution in [1.29, 1.82) is 0 Å². The largest absolute Gasteiger partial charge is 0.324 e. The number of halogens is 1. The summed E-state index contributed by atoms with van der Waals surface area (Å²) >= 11 is 0. The summed E-state index contributed by atoms with van der Waals surface area (Å²) in [6.07, 6.45) is 3.14. The number of aromatic nitrogens is 2. The first-order valence-electron chi connectivity index (χ1n) is 6.32. The van der Waals surface area contributed by atoms with Crippen LogP contribution in [-0.4, -0.2) is 28.5 Å². The van der Waals surface area contributed by atoms with Gasteiger partial charge in [0.2, 0.25) is 11.9 Å². The molecule has 3 N–H and O–H groups in total. The highest BCUT2D eigenvalue weighted by Gasteiger charge is 2.21. The zero-order valence-electron chi connectivity index (χ0n) is 10.5. The molecular formula is C13H17ClN4O. The van der Waals surface area contributed by atoms with Gasteiger partial charge in [-0.2, -0.15) is 0 Å². The van der Waals surface area contributed by atoms with Crippen LogP contribution in [0.3, 0.4) is 0 Å². The van der Waals surface area contributed by atoms with Crippen molar-refractivity contribution >= 4 is 35.3 Å². The molecule has 102 valence electrons. The van der Waals surface area contributed by atoms with Gasteiger partial charge in [-0.25, -0.2) is 4.98 Å². The molecule has 5 nitrogen and oxygen atoms in total. The van der Waals surface area contributed by atoms with E-state index in [9.17, 15) is 4.79 Å². The Labute approximate surface area is 117 Å². The van der Waals surface area contributed by atoms with Crippen LogP contribution in [0, 0.1) is 0 Å². The second-order valence-corrected chi connectivity index (χ2v) is 4.59. The summed E-state index contributed by atoms with van der Waals surface area (Å²) in [7, 11) is 0. The van der Waals surface area contributed by atoms with Gasteiger partial charge in [-0.1, -0.05) is 18.6 Å². The Morgan fingerprint density at radius 2 is 2.16 bits per heavy atom. The van der Waals surface area contributed by atoms with E-state index < -0.39 is 0 Å². The number of rotatable bonds is 2. The summed E-state index contributed by atoms with van der Waals surface area (Å²) in [5, 5.41) is 6.05. The monoisotopic (exact) mass is 280 g/mol. The first-order chi connectivity index (χ1) is 8.83. The van der Waals surface area contributed by atoms with E-state index in [1.165, 1.54) is 0 Å². The highest BCUT2D eigenvalue weighted by molar-refractivity contribution is 5.94. The van der Waals surface area contributed by atoms with Crippen molar-refractivity contribution in [1.82, 2.24) is 15.3 Å². The number of imidazole rings is 1. The van der Waals surface area contributed by atoms with Crippen molar-refractivity contribution < 1.29 is 4.79 Å². The van der Waals surface area contributed by atoms with Gasteiger partial charge in [-0.05, 0) is 31.5 Å². The molecule has 1 unspecified atom stereocenters. The normalized spacial score (nSPS) is 18.8. The number of nitrogens with zero attached hydrogens (tertiary/aromatic N) is 1. The summed E-state index contributed by atoms with van der Waals surface area (Å²) < 4.78 is 0. The topological polar surface area (TPSA) is 69.8 Å². The lowest BCUT2D eigenvalue weighted by Gasteiger charge is -2.21. The lowest BCUT2D eigenvalue weighted by atomic mass is 10.0. The number of fused-ring (bicyclic) bond motifs is 1. The Balaban J connectivity index is 0.00000133. The van der Waals surface area contributed by atoms with Gasteiger partial charge >= 0.3 is 0 Å². The van der Waals surface area contributed by atoms with Gasteiger partial charge in [0.05, 0.1) is 17.1 Å². The predicted octanol–water partition coefficient (Wildman–Crippen LogP) is 2.07. The molecular weight excluding hydrogens is 264 g/mol. The maximum Gasteiger partial charge on any atom is 0.243 e. The van der Waals surface area contributed by atoms with E-state index >= 15 is 0 Å². The minimum absolute atomic E-state index is 0. The van der Waals surface area contributed by atoms with Gasteiger partial charge in [-0.3, -0.25) is 10.1 Å². The smallest absolute Gasteiger partial charge is 0.243 e. The quantitative estimate of drug-likeness (QED) is 0.789. The van der Waals surface area contributed by atoms with Crippen LogP contribution in [0.4, 0.5) is 5.95 Å². The molecule has 0 saturated carbocycles. The van der Waals surface area contributed by atoms with Gasteiger partial charge in [0.1, 0.15) is 0 Å². The molecule has 0 spiro atoms. The van der Waals surface area contributed by atoms with Crippen LogP contribution in [0.25, 0.3) is 11.0 Å². The van der Waals surface area contributed by atoms with Gasteiger partial charge in [0, 0.05) is 0 Å². The predicted molar refractivity (Wildman–Crippen MR) is 77.6 cm³/mol. The summed E-state index contributed by atoms with van der Waals surface area (Å²) in [5.41, 5.74) is 1.80. The van der Waals surface area contributed by atoms with Crippen molar-refractivity contribution in [2.75, 3.05) is 11.9 Å². The van der Waals surface area contributed by atoms with Crippen LogP contribution in [0.15, 0.2) is 24.3 Å². The number of para-hydroxylation sites is 2. The van der Waals surface area contributed by atoms with Crippen LogP contribution in [0.5, 0.6) is 0 Å². The standard InChI is InChI=1S/C13H16N4O.ClH/c18-12(11-7-3-4-8-14-11)17-13-15-9-5-1-2-6-10(9)16-13;/h1-2,5-6,11,14H,3-4,7-8H2,(H2,15,16,17,18);1H. The zero-order chi connectivity index (χ0) is 12.4. The molecule has 1 aliphatic rings.